The number of pyridine rings is 1. The molecule has 0 aliphatic carbocycles. The Balaban J connectivity index is 2.34. The monoisotopic (exact) mass is 448 g/mol. The van der Waals surface area contributed by atoms with Gasteiger partial charge in [0.25, 0.3) is 5.91 Å². The molecule has 1 aliphatic rings. The predicted octanol–water partition coefficient (Wildman–Crippen LogP) is 3.59. The van der Waals surface area contributed by atoms with Crippen molar-refractivity contribution in [1.29, 1.82) is 0 Å². The number of aryl methyl sites for hydroxylation is 1. The Bertz CT molecular complexity index is 1060. The lowest BCUT2D eigenvalue weighted by Crippen LogP contribution is -2.55. The number of nitrogens with two attached hydrogens (primary N) is 1. The van der Waals surface area contributed by atoms with Crippen LogP contribution in [0.25, 0.3) is 0 Å². The maximum atomic E-state index is 14.9. The van der Waals surface area contributed by atoms with Gasteiger partial charge in [-0.1, -0.05) is 17.7 Å². The molecule has 1 saturated heterocycles. The van der Waals surface area contributed by atoms with Crippen molar-refractivity contribution in [2.45, 2.75) is 18.6 Å². The van der Waals surface area contributed by atoms with Crippen LogP contribution >= 0.6 is 11.6 Å². The molecule has 160 valence electrons. The quantitative estimate of drug-likeness (QED) is 0.575. The summed E-state index contributed by atoms with van der Waals surface area (Å²) >= 11 is 5.62. The number of aromatic nitrogens is 1. The molecule has 1 aliphatic heterocycles. The summed E-state index contributed by atoms with van der Waals surface area (Å²) in [6.45, 7) is 0.724. The van der Waals surface area contributed by atoms with Gasteiger partial charge in [-0.2, -0.15) is 13.2 Å². The van der Waals surface area contributed by atoms with Crippen LogP contribution in [0.3, 0.4) is 0 Å². The third kappa shape index (κ3) is 3.22. The average molecular weight is 449 g/mol. The molecular formula is C18H14ClF5N4O2. The van der Waals surface area contributed by atoms with Crippen molar-refractivity contribution in [2.75, 3.05) is 18.5 Å². The van der Waals surface area contributed by atoms with Crippen LogP contribution in [0.15, 0.2) is 24.3 Å². The minimum atomic E-state index is -4.78. The number of hydrogen-bond acceptors (Lipinski definition) is 3. The first-order chi connectivity index (χ1) is 13.8. The first-order valence-electron chi connectivity index (χ1n) is 8.35. The summed E-state index contributed by atoms with van der Waals surface area (Å²) in [7, 11) is 1.24. The van der Waals surface area contributed by atoms with Crippen molar-refractivity contribution in [3.8, 4) is 0 Å². The fraction of sp³-hybridized carbons (Fsp3) is 0.278. The van der Waals surface area contributed by atoms with E-state index < -0.39 is 63.8 Å². The number of urea groups is 1. The molecule has 6 nitrogen and oxygen atoms in total. The Kier molecular flexibility index (Phi) is 5.13. The third-order valence-electron chi connectivity index (χ3n) is 4.75. The molecule has 0 bridgehead atoms. The predicted molar refractivity (Wildman–Crippen MR) is 96.7 cm³/mol. The van der Waals surface area contributed by atoms with Crippen LogP contribution in [0.2, 0.25) is 5.02 Å². The Morgan fingerprint density at radius 3 is 2.47 bits per heavy atom. The summed E-state index contributed by atoms with van der Waals surface area (Å²) in [5, 5.41) is -0.955. The zero-order valence-corrected chi connectivity index (χ0v) is 16.3. The average Bonchev–Trinajstić information content (AvgIpc) is 2.90. The molecule has 2 N–H and O–H groups in total. The normalized spacial score (nSPS) is 19.5. The van der Waals surface area contributed by atoms with Gasteiger partial charge in [0.2, 0.25) is 0 Å². The van der Waals surface area contributed by atoms with Crippen molar-refractivity contribution in [3.63, 3.8) is 0 Å². The van der Waals surface area contributed by atoms with Crippen LogP contribution in [0.4, 0.5) is 32.6 Å². The van der Waals surface area contributed by atoms with Gasteiger partial charge in [0.05, 0.1) is 12.1 Å². The number of alkyl halides is 3. The highest BCUT2D eigenvalue weighted by Crippen LogP contribution is 2.42. The molecule has 3 rings (SSSR count). The van der Waals surface area contributed by atoms with E-state index in [1.54, 1.807) is 0 Å². The molecule has 0 radical (unpaired) electrons. The van der Waals surface area contributed by atoms with Crippen molar-refractivity contribution in [2.24, 2.45) is 5.73 Å². The highest BCUT2D eigenvalue weighted by molar-refractivity contribution is 6.31. The zero-order valence-electron chi connectivity index (χ0n) is 15.5. The van der Waals surface area contributed by atoms with Gasteiger partial charge in [0.15, 0.2) is 11.4 Å². The summed E-state index contributed by atoms with van der Waals surface area (Å²) in [5.41, 5.74) is 1.38. The smallest absolute Gasteiger partial charge is 0.367 e. The fourth-order valence-corrected chi connectivity index (χ4v) is 3.57. The van der Waals surface area contributed by atoms with Crippen LogP contribution in [0.1, 0.15) is 16.8 Å². The molecule has 2 heterocycles. The first-order valence-corrected chi connectivity index (χ1v) is 8.73. The molecule has 0 unspecified atom stereocenters. The van der Waals surface area contributed by atoms with Crippen molar-refractivity contribution >= 4 is 29.4 Å². The number of hydrogen-bond donors (Lipinski definition) is 1. The number of nitrogens with zero attached hydrogens (tertiary/aromatic N) is 3. The summed E-state index contributed by atoms with van der Waals surface area (Å²) in [6.07, 6.45) is -4.78. The minimum Gasteiger partial charge on any atom is -0.367 e. The summed E-state index contributed by atoms with van der Waals surface area (Å²) in [5.74, 6) is -4.34. The largest absolute Gasteiger partial charge is 0.416 e. The Morgan fingerprint density at radius 1 is 1.27 bits per heavy atom. The van der Waals surface area contributed by atoms with E-state index in [0.717, 1.165) is 23.1 Å². The van der Waals surface area contributed by atoms with E-state index in [9.17, 15) is 31.5 Å². The van der Waals surface area contributed by atoms with Gasteiger partial charge in [0.1, 0.15) is 16.7 Å². The molecule has 30 heavy (non-hydrogen) atoms. The SMILES string of the molecule is Cc1cc(C(F)(F)F)cc(N2C(=O)N(C)C[C@]2(C(N)=O)c2ccc(F)c(Cl)c2F)n1. The maximum absolute atomic E-state index is 14.9. The number of anilines is 1. The summed E-state index contributed by atoms with van der Waals surface area (Å²) in [4.78, 5) is 30.8. The van der Waals surface area contributed by atoms with Crippen molar-refractivity contribution < 1.29 is 31.5 Å². The number of benzene rings is 1. The van der Waals surface area contributed by atoms with Crippen molar-refractivity contribution in [1.82, 2.24) is 9.88 Å². The molecule has 0 spiro atoms. The standard InChI is InChI=1S/C18H14ClF5N4O2/c1-8-5-9(18(22,23)24)6-12(26-8)28-16(30)27(2)7-17(28,15(25)29)10-3-4-11(20)13(19)14(10)21/h3-6H,7H2,1-2H3,(H2,25,29)/t17-/m1/s1. The van der Waals surface area contributed by atoms with E-state index in [1.807, 2.05) is 0 Å². The molecule has 12 heteroatoms. The Morgan fingerprint density at radius 2 is 1.90 bits per heavy atom. The van der Waals surface area contributed by atoms with E-state index in [-0.39, 0.29) is 5.69 Å². The topological polar surface area (TPSA) is 79.5 Å². The third-order valence-corrected chi connectivity index (χ3v) is 5.10. The van der Waals surface area contributed by atoms with Gasteiger partial charge in [-0.3, -0.25) is 9.69 Å². The Labute approximate surface area is 172 Å². The van der Waals surface area contributed by atoms with E-state index in [0.29, 0.717) is 11.0 Å². The second-order valence-electron chi connectivity index (χ2n) is 6.77. The van der Waals surface area contributed by atoms with Gasteiger partial charge in [-0.15, -0.1) is 0 Å². The van der Waals surface area contributed by atoms with E-state index >= 15 is 0 Å². The van der Waals surface area contributed by atoms with Crippen LogP contribution in [0.5, 0.6) is 0 Å². The number of amides is 3. The van der Waals surface area contributed by atoms with Crippen LogP contribution < -0.4 is 10.6 Å². The molecular weight excluding hydrogens is 435 g/mol. The number of rotatable bonds is 3. The van der Waals surface area contributed by atoms with Gasteiger partial charge < -0.3 is 10.6 Å². The van der Waals surface area contributed by atoms with E-state index in [2.05, 4.69) is 4.98 Å². The van der Waals surface area contributed by atoms with Gasteiger partial charge >= 0.3 is 12.2 Å². The molecule has 1 fully saturated rings. The lowest BCUT2D eigenvalue weighted by molar-refractivity contribution is -0.137. The zero-order chi connectivity index (χ0) is 22.6. The van der Waals surface area contributed by atoms with E-state index in [1.165, 1.54) is 14.0 Å². The van der Waals surface area contributed by atoms with E-state index in [4.69, 9.17) is 17.3 Å². The molecule has 0 saturated carbocycles. The number of carbonyl (C=O) groups is 2. The molecule has 1 aromatic heterocycles. The van der Waals surface area contributed by atoms with Crippen molar-refractivity contribution in [3.05, 3.63) is 57.7 Å². The lowest BCUT2D eigenvalue weighted by atomic mass is 9.87. The number of primary amides is 1. The second-order valence-corrected chi connectivity index (χ2v) is 7.15. The second kappa shape index (κ2) is 7.08. The summed E-state index contributed by atoms with van der Waals surface area (Å²) in [6, 6.07) is 1.96. The maximum Gasteiger partial charge on any atom is 0.416 e. The van der Waals surface area contributed by atoms with Crippen LogP contribution in [-0.4, -0.2) is 35.4 Å². The number of likely N-dealkylation sites (N-methyl/N-ethyl adjacent to an activating group) is 1. The van der Waals surface area contributed by atoms with Gasteiger partial charge in [-0.05, 0) is 25.1 Å². The number of carbonyl (C=O) groups excluding carboxylic acids is 2. The lowest BCUT2D eigenvalue weighted by Gasteiger charge is -2.34. The molecule has 1 atom stereocenters. The summed E-state index contributed by atoms with van der Waals surface area (Å²) < 4.78 is 68.4. The molecule has 2 aromatic rings. The molecule has 3 amide bonds. The number of halogens is 6. The highest BCUT2D eigenvalue weighted by atomic mass is 35.5. The van der Waals surface area contributed by atoms with Gasteiger partial charge in [-0.25, -0.2) is 18.6 Å². The van der Waals surface area contributed by atoms with Gasteiger partial charge in [0, 0.05) is 18.3 Å². The highest BCUT2D eigenvalue weighted by Gasteiger charge is 2.57. The molecule has 1 aromatic carbocycles. The first kappa shape index (κ1) is 21.8. The van der Waals surface area contributed by atoms with Crippen LogP contribution in [0, 0.1) is 18.6 Å². The minimum absolute atomic E-state index is 0.113. The Hall–Kier alpha value is -2.95. The fourth-order valence-electron chi connectivity index (χ4n) is 3.41. The van der Waals surface area contributed by atoms with Crippen LogP contribution in [-0.2, 0) is 16.5 Å².